The van der Waals surface area contributed by atoms with Gasteiger partial charge in [0.05, 0.1) is 0 Å². The number of ketones is 1. The number of amides is 2. The summed E-state index contributed by atoms with van der Waals surface area (Å²) in [5.41, 5.74) is 0. The summed E-state index contributed by atoms with van der Waals surface area (Å²) >= 11 is 0. The highest BCUT2D eigenvalue weighted by Gasteiger charge is 2.30. The Kier molecular flexibility index (Phi) is 4.82. The Labute approximate surface area is 104 Å². The van der Waals surface area contributed by atoms with Gasteiger partial charge in [0.15, 0.2) is 0 Å². The Morgan fingerprint density at radius 1 is 1.50 bits per heavy atom. The maximum Gasteiger partial charge on any atom is 0.326 e. The standard InChI is InChI=1S/C11H16N2O5/c1-6(14)2-3-8(11(17)18)13-10(16)7-4-5-9(15)12-7/h7-8H,2-5H2,1H3,(H,12,15)(H,13,16)(H,17,18)/t7-,8+/m1/s1. The molecular weight excluding hydrogens is 240 g/mol. The van der Waals surface area contributed by atoms with E-state index in [0.29, 0.717) is 6.42 Å². The summed E-state index contributed by atoms with van der Waals surface area (Å²) in [6.07, 6.45) is 0.776. The third-order valence-corrected chi connectivity index (χ3v) is 2.71. The lowest BCUT2D eigenvalue weighted by Gasteiger charge is -2.16. The third kappa shape index (κ3) is 4.15. The van der Waals surface area contributed by atoms with Crippen molar-refractivity contribution in [2.24, 2.45) is 0 Å². The Balaban J connectivity index is 2.49. The van der Waals surface area contributed by atoms with E-state index in [2.05, 4.69) is 10.6 Å². The van der Waals surface area contributed by atoms with Crippen LogP contribution in [-0.4, -0.2) is 40.8 Å². The van der Waals surface area contributed by atoms with Gasteiger partial charge in [0.25, 0.3) is 0 Å². The molecule has 0 radical (unpaired) electrons. The molecule has 1 rings (SSSR count). The molecule has 0 bridgehead atoms. The van der Waals surface area contributed by atoms with E-state index in [0.717, 1.165) is 0 Å². The molecule has 2 atom stereocenters. The van der Waals surface area contributed by atoms with Gasteiger partial charge in [0.1, 0.15) is 17.9 Å². The summed E-state index contributed by atoms with van der Waals surface area (Å²) in [5, 5.41) is 13.7. The Morgan fingerprint density at radius 3 is 2.61 bits per heavy atom. The molecule has 0 unspecified atom stereocenters. The lowest BCUT2D eigenvalue weighted by atomic mass is 10.1. The highest BCUT2D eigenvalue weighted by Crippen LogP contribution is 2.07. The van der Waals surface area contributed by atoms with Gasteiger partial charge in [0.2, 0.25) is 11.8 Å². The molecule has 1 saturated heterocycles. The number of carbonyl (C=O) groups is 4. The molecule has 0 aromatic rings. The molecule has 1 aliphatic heterocycles. The van der Waals surface area contributed by atoms with E-state index in [-0.39, 0.29) is 31.0 Å². The molecule has 0 aliphatic carbocycles. The predicted octanol–water partition coefficient (Wildman–Crippen LogP) is -0.796. The van der Waals surface area contributed by atoms with Crippen LogP contribution >= 0.6 is 0 Å². The highest BCUT2D eigenvalue weighted by atomic mass is 16.4. The first-order chi connectivity index (χ1) is 8.40. The number of rotatable bonds is 6. The molecule has 100 valence electrons. The number of carboxylic acids is 1. The van der Waals surface area contributed by atoms with E-state index in [9.17, 15) is 19.2 Å². The van der Waals surface area contributed by atoms with Gasteiger partial charge in [-0.1, -0.05) is 0 Å². The summed E-state index contributed by atoms with van der Waals surface area (Å²) < 4.78 is 0. The number of Topliss-reactive ketones (excluding diaryl/α,β-unsaturated/α-hetero) is 1. The summed E-state index contributed by atoms with van der Waals surface area (Å²) in [6.45, 7) is 1.36. The van der Waals surface area contributed by atoms with Crippen molar-refractivity contribution in [3.63, 3.8) is 0 Å². The quantitative estimate of drug-likeness (QED) is 0.576. The van der Waals surface area contributed by atoms with Gasteiger partial charge in [0, 0.05) is 12.8 Å². The van der Waals surface area contributed by atoms with Crippen LogP contribution in [0.1, 0.15) is 32.6 Å². The summed E-state index contributed by atoms with van der Waals surface area (Å²) in [5.74, 6) is -2.05. The fourth-order valence-corrected chi connectivity index (χ4v) is 1.69. The number of carboxylic acid groups (broad SMARTS) is 1. The van der Waals surface area contributed by atoms with Crippen molar-refractivity contribution in [2.45, 2.75) is 44.7 Å². The van der Waals surface area contributed by atoms with Gasteiger partial charge < -0.3 is 20.5 Å². The third-order valence-electron chi connectivity index (χ3n) is 2.71. The van der Waals surface area contributed by atoms with Crippen molar-refractivity contribution >= 4 is 23.6 Å². The smallest absolute Gasteiger partial charge is 0.326 e. The SMILES string of the molecule is CC(=O)CC[C@H](NC(=O)[C@H]1CCC(=O)N1)C(=O)O. The lowest BCUT2D eigenvalue weighted by Crippen LogP contribution is -2.48. The van der Waals surface area contributed by atoms with Crippen molar-refractivity contribution in [1.82, 2.24) is 10.6 Å². The van der Waals surface area contributed by atoms with E-state index in [1.54, 1.807) is 0 Å². The first-order valence-electron chi connectivity index (χ1n) is 5.72. The van der Waals surface area contributed by atoms with E-state index in [4.69, 9.17) is 5.11 Å². The number of nitrogens with one attached hydrogen (secondary N) is 2. The first-order valence-corrected chi connectivity index (χ1v) is 5.72. The monoisotopic (exact) mass is 256 g/mol. The van der Waals surface area contributed by atoms with Crippen molar-refractivity contribution < 1.29 is 24.3 Å². The topological polar surface area (TPSA) is 113 Å². The molecule has 2 amide bonds. The van der Waals surface area contributed by atoms with Gasteiger partial charge in [-0.15, -0.1) is 0 Å². The Hall–Kier alpha value is -1.92. The molecule has 0 spiro atoms. The van der Waals surface area contributed by atoms with E-state index >= 15 is 0 Å². The van der Waals surface area contributed by atoms with Gasteiger partial charge >= 0.3 is 5.97 Å². The zero-order valence-corrected chi connectivity index (χ0v) is 10.1. The minimum atomic E-state index is -1.19. The minimum absolute atomic E-state index is 0.0527. The zero-order valence-electron chi connectivity index (χ0n) is 10.1. The Bertz CT molecular complexity index is 380. The van der Waals surface area contributed by atoms with Crippen molar-refractivity contribution in [3.05, 3.63) is 0 Å². The fraction of sp³-hybridized carbons (Fsp3) is 0.636. The molecule has 0 aromatic carbocycles. The van der Waals surface area contributed by atoms with Gasteiger partial charge in [-0.05, 0) is 19.8 Å². The fourth-order valence-electron chi connectivity index (χ4n) is 1.69. The van der Waals surface area contributed by atoms with Crippen LogP contribution in [0.5, 0.6) is 0 Å². The van der Waals surface area contributed by atoms with Crippen LogP contribution in [0.3, 0.4) is 0 Å². The number of aliphatic carboxylic acids is 1. The highest BCUT2D eigenvalue weighted by molar-refractivity contribution is 5.92. The number of hydrogen-bond donors (Lipinski definition) is 3. The molecule has 18 heavy (non-hydrogen) atoms. The van der Waals surface area contributed by atoms with Crippen molar-refractivity contribution in [3.8, 4) is 0 Å². The number of carbonyl (C=O) groups excluding carboxylic acids is 3. The molecule has 1 heterocycles. The van der Waals surface area contributed by atoms with Gasteiger partial charge in [-0.2, -0.15) is 0 Å². The molecule has 1 aliphatic rings. The minimum Gasteiger partial charge on any atom is -0.480 e. The summed E-state index contributed by atoms with van der Waals surface area (Å²) in [7, 11) is 0. The largest absolute Gasteiger partial charge is 0.480 e. The Morgan fingerprint density at radius 2 is 2.17 bits per heavy atom. The summed E-state index contributed by atoms with van der Waals surface area (Å²) in [4.78, 5) is 44.3. The van der Waals surface area contributed by atoms with Crippen LogP contribution in [-0.2, 0) is 19.2 Å². The van der Waals surface area contributed by atoms with E-state index in [1.807, 2.05) is 0 Å². The van der Waals surface area contributed by atoms with Crippen LogP contribution in [0, 0.1) is 0 Å². The van der Waals surface area contributed by atoms with Crippen LogP contribution < -0.4 is 10.6 Å². The molecule has 3 N–H and O–H groups in total. The van der Waals surface area contributed by atoms with Crippen LogP contribution in [0.15, 0.2) is 0 Å². The molecule has 7 heteroatoms. The van der Waals surface area contributed by atoms with Crippen molar-refractivity contribution in [2.75, 3.05) is 0 Å². The number of hydrogen-bond acceptors (Lipinski definition) is 4. The molecular formula is C11H16N2O5. The average Bonchev–Trinajstić information content (AvgIpc) is 2.70. The predicted molar refractivity (Wildman–Crippen MR) is 60.6 cm³/mol. The average molecular weight is 256 g/mol. The van der Waals surface area contributed by atoms with Gasteiger partial charge in [-0.25, -0.2) is 4.79 Å². The van der Waals surface area contributed by atoms with Gasteiger partial charge in [-0.3, -0.25) is 9.59 Å². The maximum atomic E-state index is 11.7. The maximum absolute atomic E-state index is 11.7. The van der Waals surface area contributed by atoms with Crippen LogP contribution in [0.2, 0.25) is 0 Å². The first kappa shape index (κ1) is 14.1. The van der Waals surface area contributed by atoms with Crippen LogP contribution in [0.25, 0.3) is 0 Å². The van der Waals surface area contributed by atoms with E-state index in [1.165, 1.54) is 6.92 Å². The second kappa shape index (κ2) is 6.13. The summed E-state index contributed by atoms with van der Waals surface area (Å²) in [6, 6.07) is -1.77. The zero-order chi connectivity index (χ0) is 13.7. The molecule has 0 saturated carbocycles. The normalized spacial score (nSPS) is 20.1. The molecule has 7 nitrogen and oxygen atoms in total. The second-order valence-electron chi connectivity index (χ2n) is 4.30. The van der Waals surface area contributed by atoms with E-state index < -0.39 is 24.0 Å². The molecule has 1 fully saturated rings. The van der Waals surface area contributed by atoms with Crippen LogP contribution in [0.4, 0.5) is 0 Å². The van der Waals surface area contributed by atoms with Crippen molar-refractivity contribution in [1.29, 1.82) is 0 Å². The second-order valence-corrected chi connectivity index (χ2v) is 4.30. The lowest BCUT2D eigenvalue weighted by molar-refractivity contribution is -0.142. The molecule has 0 aromatic heterocycles.